The number of nitrogens with zero attached hydrogens (tertiary/aromatic N) is 1. The maximum atomic E-state index is 12.3. The van der Waals surface area contributed by atoms with Crippen molar-refractivity contribution in [3.8, 4) is 0 Å². The molecule has 0 N–H and O–H groups in total. The number of ether oxygens (including phenoxy) is 2. The number of hydrogen-bond acceptors (Lipinski definition) is 6. The second kappa shape index (κ2) is 10.9. The molecule has 2 atom stereocenters. The lowest BCUT2D eigenvalue weighted by Gasteiger charge is -2.36. The normalized spacial score (nSPS) is 13.6. The van der Waals surface area contributed by atoms with Gasteiger partial charge in [-0.15, -0.1) is 0 Å². The molecule has 6 heteroatoms. The number of hydrogen-bond donors (Lipinski definition) is 0. The molecule has 0 fully saturated rings. The van der Waals surface area contributed by atoms with Gasteiger partial charge in [-0.05, 0) is 32.3 Å². The maximum Gasteiger partial charge on any atom is 0.309 e. The zero-order valence-corrected chi connectivity index (χ0v) is 17.1. The molecule has 0 aliphatic heterocycles. The van der Waals surface area contributed by atoms with Crippen molar-refractivity contribution in [2.45, 2.75) is 65.4 Å². The minimum Gasteiger partial charge on any atom is -0.460 e. The van der Waals surface area contributed by atoms with Crippen LogP contribution in [0.25, 0.3) is 0 Å². The summed E-state index contributed by atoms with van der Waals surface area (Å²) in [7, 11) is 1.53. The third kappa shape index (κ3) is 8.39. The van der Waals surface area contributed by atoms with E-state index >= 15 is 0 Å². The lowest BCUT2D eigenvalue weighted by atomic mass is 9.96. The number of benzene rings is 1. The molecule has 0 aromatic heterocycles. The zero-order chi connectivity index (χ0) is 20.4. The van der Waals surface area contributed by atoms with Crippen LogP contribution in [0.4, 0.5) is 0 Å². The smallest absolute Gasteiger partial charge is 0.309 e. The summed E-state index contributed by atoms with van der Waals surface area (Å²) >= 11 is 0. The van der Waals surface area contributed by atoms with Gasteiger partial charge < -0.3 is 9.47 Å². The molecule has 0 amide bonds. The fourth-order valence-electron chi connectivity index (χ4n) is 2.76. The van der Waals surface area contributed by atoms with Crippen LogP contribution in [-0.4, -0.2) is 41.8 Å². The molecule has 6 nitrogen and oxygen atoms in total. The van der Waals surface area contributed by atoms with E-state index in [2.05, 4.69) is 0 Å². The minimum absolute atomic E-state index is 0.0396. The number of hydroxylamine groups is 2. The Bertz CT molecular complexity index is 617. The van der Waals surface area contributed by atoms with E-state index in [-0.39, 0.29) is 31.0 Å². The predicted molar refractivity (Wildman–Crippen MR) is 103 cm³/mol. The van der Waals surface area contributed by atoms with Crippen molar-refractivity contribution in [1.82, 2.24) is 5.06 Å². The number of rotatable bonds is 10. The Hall–Kier alpha value is -2.14. The van der Waals surface area contributed by atoms with Gasteiger partial charge in [0.15, 0.2) is 0 Å². The van der Waals surface area contributed by atoms with Gasteiger partial charge >= 0.3 is 5.97 Å². The van der Waals surface area contributed by atoms with Gasteiger partial charge in [-0.2, -0.15) is 0 Å². The first-order valence-electron chi connectivity index (χ1n) is 9.08. The molecule has 1 aromatic carbocycles. The molecule has 1 aromatic rings. The first-order valence-corrected chi connectivity index (χ1v) is 9.08. The highest BCUT2D eigenvalue weighted by atomic mass is 16.7. The molecule has 0 aliphatic rings. The van der Waals surface area contributed by atoms with E-state index in [1.807, 2.05) is 65.0 Å². The Morgan fingerprint density at radius 2 is 1.85 bits per heavy atom. The van der Waals surface area contributed by atoms with Crippen LogP contribution in [0.15, 0.2) is 36.5 Å². The number of carbonyl (C=O) groups is 1. The van der Waals surface area contributed by atoms with Crippen molar-refractivity contribution in [3.05, 3.63) is 42.1 Å². The zero-order valence-electron chi connectivity index (χ0n) is 17.1. The van der Waals surface area contributed by atoms with Gasteiger partial charge in [0.2, 0.25) is 0 Å². The molecule has 0 bridgehead atoms. The van der Waals surface area contributed by atoms with E-state index in [9.17, 15) is 9.59 Å². The third-order valence-electron chi connectivity index (χ3n) is 3.85. The van der Waals surface area contributed by atoms with Crippen LogP contribution >= 0.6 is 0 Å². The summed E-state index contributed by atoms with van der Waals surface area (Å²) in [4.78, 5) is 29.1. The Balaban J connectivity index is 2.93. The molecule has 27 heavy (non-hydrogen) atoms. The van der Waals surface area contributed by atoms with Crippen molar-refractivity contribution >= 4 is 11.9 Å². The van der Waals surface area contributed by atoms with Gasteiger partial charge in [-0.3, -0.25) is 9.63 Å². The molecule has 0 aliphatic carbocycles. The average Bonchev–Trinajstić information content (AvgIpc) is 2.58. The summed E-state index contributed by atoms with van der Waals surface area (Å²) < 4.78 is 11.0. The maximum absolute atomic E-state index is 12.3. The van der Waals surface area contributed by atoms with Gasteiger partial charge in [0, 0.05) is 7.11 Å². The summed E-state index contributed by atoms with van der Waals surface area (Å²) in [5.74, 6) is 1.44. The molecule has 0 saturated heterocycles. The molecule has 0 heterocycles. The van der Waals surface area contributed by atoms with Gasteiger partial charge in [0.1, 0.15) is 17.7 Å². The van der Waals surface area contributed by atoms with Crippen molar-refractivity contribution in [1.29, 1.82) is 0 Å². The van der Waals surface area contributed by atoms with E-state index in [1.165, 1.54) is 18.4 Å². The molecular formula is C21H31NO5. The van der Waals surface area contributed by atoms with Crippen molar-refractivity contribution in [2.75, 3.05) is 7.11 Å². The minimum atomic E-state index is -0.575. The average molecular weight is 377 g/mol. The topological polar surface area (TPSA) is 65.1 Å². The van der Waals surface area contributed by atoms with Crippen molar-refractivity contribution < 1.29 is 23.9 Å². The highest BCUT2D eigenvalue weighted by molar-refractivity contribution is 5.70. The van der Waals surface area contributed by atoms with E-state index in [1.54, 1.807) is 5.94 Å². The van der Waals surface area contributed by atoms with E-state index in [0.29, 0.717) is 0 Å². The fourth-order valence-corrected chi connectivity index (χ4v) is 2.76. The second-order valence-electron chi connectivity index (χ2n) is 7.67. The van der Waals surface area contributed by atoms with E-state index in [4.69, 9.17) is 14.3 Å². The lowest BCUT2D eigenvalue weighted by molar-refractivity contribution is -0.197. The Labute approximate surface area is 162 Å². The quantitative estimate of drug-likeness (QED) is 0.353. The second-order valence-corrected chi connectivity index (χ2v) is 7.67. The van der Waals surface area contributed by atoms with Crippen LogP contribution in [0.5, 0.6) is 0 Å². The van der Waals surface area contributed by atoms with E-state index < -0.39 is 11.7 Å². The number of methoxy groups -OCH3 is 1. The molecule has 0 unspecified atom stereocenters. The van der Waals surface area contributed by atoms with Crippen LogP contribution in [-0.2, 0) is 30.5 Å². The van der Waals surface area contributed by atoms with Crippen LogP contribution in [0.1, 0.15) is 46.6 Å². The molecular weight excluding hydrogens is 346 g/mol. The summed E-state index contributed by atoms with van der Waals surface area (Å²) in [6.07, 6.45) is 0.740. The van der Waals surface area contributed by atoms with Gasteiger partial charge in [0.25, 0.3) is 0 Å². The Morgan fingerprint density at radius 3 is 2.33 bits per heavy atom. The summed E-state index contributed by atoms with van der Waals surface area (Å²) in [6, 6.07) is 9.25. The lowest BCUT2D eigenvalue weighted by Crippen LogP contribution is -2.46. The van der Waals surface area contributed by atoms with E-state index in [0.717, 1.165) is 5.56 Å². The molecule has 1 rings (SSSR count). The van der Waals surface area contributed by atoms with Crippen molar-refractivity contribution in [2.24, 2.45) is 5.92 Å². The number of carbonyl (C=O) groups excluding carboxylic acids is 2. The van der Waals surface area contributed by atoms with Gasteiger partial charge in [-0.25, -0.2) is 9.86 Å². The number of esters is 1. The van der Waals surface area contributed by atoms with Gasteiger partial charge in [-0.1, -0.05) is 44.2 Å². The Morgan fingerprint density at radius 1 is 1.22 bits per heavy atom. The first kappa shape index (κ1) is 22.9. The van der Waals surface area contributed by atoms with Crippen molar-refractivity contribution in [3.63, 3.8) is 0 Å². The van der Waals surface area contributed by atoms with Crippen LogP contribution in [0.3, 0.4) is 0 Å². The first-order chi connectivity index (χ1) is 12.7. The SMILES string of the molecule is CO[C@H](CC(=O)OC(C)(C)C)[C@H](C(C)C)N(C=C=O)OCc1ccccc1. The standard InChI is InChI=1S/C21H31NO5/c1-16(2)20(18(25-6)14-19(24)27-21(3,4)5)22(12-13-23)26-15-17-10-8-7-9-11-17/h7-12,16,18,20H,14-15H2,1-6H3/t18-,20+/m1/s1. The highest BCUT2D eigenvalue weighted by Gasteiger charge is 2.33. The fraction of sp³-hybridized carbons (Fsp3) is 0.571. The van der Waals surface area contributed by atoms with Crippen LogP contribution < -0.4 is 0 Å². The monoisotopic (exact) mass is 377 g/mol. The molecule has 0 radical (unpaired) electrons. The molecule has 150 valence electrons. The third-order valence-corrected chi connectivity index (χ3v) is 3.85. The largest absolute Gasteiger partial charge is 0.460 e. The summed E-state index contributed by atoms with van der Waals surface area (Å²) in [6.45, 7) is 9.68. The molecule has 0 saturated carbocycles. The van der Waals surface area contributed by atoms with Crippen LogP contribution in [0, 0.1) is 5.92 Å². The predicted octanol–water partition coefficient (Wildman–Crippen LogP) is 3.54. The van der Waals surface area contributed by atoms with Crippen LogP contribution in [0.2, 0.25) is 0 Å². The summed E-state index contributed by atoms with van der Waals surface area (Å²) in [5, 5.41) is 1.43. The van der Waals surface area contributed by atoms with Gasteiger partial charge in [0.05, 0.1) is 25.2 Å². The highest BCUT2D eigenvalue weighted by Crippen LogP contribution is 2.22. The Kier molecular flexibility index (Phi) is 9.22. The molecule has 0 spiro atoms. The summed E-state index contributed by atoms with van der Waals surface area (Å²) in [5.41, 5.74) is 0.389.